The zero-order valence-electron chi connectivity index (χ0n) is 15.2. The van der Waals surface area contributed by atoms with E-state index in [2.05, 4.69) is 10.2 Å². The summed E-state index contributed by atoms with van der Waals surface area (Å²) in [5.74, 6) is -1.43. The molecule has 0 saturated heterocycles. The largest absolute Gasteiger partial charge is 0.506 e. The van der Waals surface area contributed by atoms with Crippen molar-refractivity contribution in [3.63, 3.8) is 0 Å². The van der Waals surface area contributed by atoms with Gasteiger partial charge >= 0.3 is 5.97 Å². The van der Waals surface area contributed by atoms with E-state index < -0.39 is 16.1 Å². The second-order valence-electron chi connectivity index (χ2n) is 6.45. The van der Waals surface area contributed by atoms with Crippen LogP contribution in [0.25, 0.3) is 21.5 Å². The van der Waals surface area contributed by atoms with E-state index >= 15 is 0 Å². The summed E-state index contributed by atoms with van der Waals surface area (Å²) in [6, 6.07) is 16.7. The Bertz CT molecular complexity index is 1460. The van der Waals surface area contributed by atoms with E-state index in [9.17, 15) is 28.0 Å². The number of fused-ring (bicyclic) bond motifs is 2. The van der Waals surface area contributed by atoms with Gasteiger partial charge in [-0.25, -0.2) is 4.79 Å². The van der Waals surface area contributed by atoms with Crippen LogP contribution in [0, 0.1) is 0 Å². The molecule has 3 N–H and O–H groups in total. The number of phenolic OH excluding ortho intramolecular Hbond substituents is 1. The Morgan fingerprint density at radius 2 is 1.57 bits per heavy atom. The number of phenols is 1. The maximum atomic E-state index is 11.6. The molecule has 0 heterocycles. The zero-order chi connectivity index (χ0) is 21.5. The second-order valence-corrected chi connectivity index (χ2v) is 7.84. The van der Waals surface area contributed by atoms with Gasteiger partial charge in [-0.15, -0.1) is 10.2 Å². The molecule has 0 spiro atoms. The Hall–Kier alpha value is -3.82. The lowest BCUT2D eigenvalue weighted by Gasteiger charge is -2.08. The van der Waals surface area contributed by atoms with E-state index in [-0.39, 0.29) is 38.4 Å². The third-order valence-electron chi connectivity index (χ3n) is 4.62. The highest BCUT2D eigenvalue weighted by Gasteiger charge is 2.17. The van der Waals surface area contributed by atoms with Crippen molar-refractivity contribution in [3.8, 4) is 5.75 Å². The summed E-state index contributed by atoms with van der Waals surface area (Å²) >= 11 is 0. The van der Waals surface area contributed by atoms with Crippen molar-refractivity contribution in [2.45, 2.75) is 4.90 Å². The minimum absolute atomic E-state index is 0.0200. The Kier molecular flexibility index (Phi) is 4.69. The summed E-state index contributed by atoms with van der Waals surface area (Å²) in [5, 5.41) is 29.5. The van der Waals surface area contributed by atoms with Crippen molar-refractivity contribution in [2.24, 2.45) is 10.2 Å². The van der Waals surface area contributed by atoms with Crippen molar-refractivity contribution in [2.75, 3.05) is 0 Å². The topological polar surface area (TPSA) is 137 Å². The van der Waals surface area contributed by atoms with Crippen LogP contribution in [0.4, 0.5) is 11.4 Å². The fourth-order valence-electron chi connectivity index (χ4n) is 3.30. The molecule has 30 heavy (non-hydrogen) atoms. The highest BCUT2D eigenvalue weighted by molar-refractivity contribution is 7.86. The number of nitrogens with zero attached hydrogens (tertiary/aromatic N) is 2. The van der Waals surface area contributed by atoms with E-state index in [0.717, 1.165) is 0 Å². The van der Waals surface area contributed by atoms with Crippen LogP contribution >= 0.6 is 0 Å². The number of aromatic carboxylic acids is 1. The van der Waals surface area contributed by atoms with Crippen LogP contribution in [0.5, 0.6) is 5.75 Å². The lowest BCUT2D eigenvalue weighted by molar-refractivity contribution is 0.0699. The zero-order valence-corrected chi connectivity index (χ0v) is 16.0. The van der Waals surface area contributed by atoms with Crippen molar-refractivity contribution in [1.29, 1.82) is 0 Å². The van der Waals surface area contributed by atoms with Gasteiger partial charge in [-0.05, 0) is 29.7 Å². The van der Waals surface area contributed by atoms with Crippen LogP contribution in [0.3, 0.4) is 0 Å². The average Bonchev–Trinajstić information content (AvgIpc) is 2.71. The highest BCUT2D eigenvalue weighted by Crippen LogP contribution is 2.39. The lowest BCUT2D eigenvalue weighted by Crippen LogP contribution is -1.98. The molecule has 0 bridgehead atoms. The molecule has 4 aromatic carbocycles. The molecule has 9 heteroatoms. The first-order chi connectivity index (χ1) is 14.3. The Labute approximate surface area is 170 Å². The molecule has 4 rings (SSSR count). The molecule has 0 unspecified atom stereocenters. The number of aromatic hydroxyl groups is 1. The van der Waals surface area contributed by atoms with Crippen LogP contribution in [-0.4, -0.2) is 29.2 Å². The molecule has 0 aliphatic carbocycles. The Morgan fingerprint density at radius 1 is 0.833 bits per heavy atom. The third-order valence-corrected chi connectivity index (χ3v) is 5.54. The molecular weight excluding hydrogens is 408 g/mol. The number of carboxylic acid groups (broad SMARTS) is 1. The first-order valence-corrected chi connectivity index (χ1v) is 10.1. The number of hydrogen-bond acceptors (Lipinski definition) is 6. The molecular formula is C21H14N2O6S. The molecule has 0 atom stereocenters. The molecule has 0 radical (unpaired) electrons. The number of benzene rings is 4. The molecule has 0 aliphatic heterocycles. The monoisotopic (exact) mass is 422 g/mol. The Morgan fingerprint density at radius 3 is 2.27 bits per heavy atom. The van der Waals surface area contributed by atoms with Crippen LogP contribution < -0.4 is 0 Å². The number of carboxylic acids is 1. The first-order valence-electron chi connectivity index (χ1n) is 8.66. The van der Waals surface area contributed by atoms with Gasteiger partial charge in [0.25, 0.3) is 10.1 Å². The van der Waals surface area contributed by atoms with Crippen LogP contribution in [-0.2, 0) is 10.1 Å². The van der Waals surface area contributed by atoms with Crippen molar-refractivity contribution in [3.05, 3.63) is 72.3 Å². The van der Waals surface area contributed by atoms with Gasteiger partial charge in [0.2, 0.25) is 0 Å². The summed E-state index contributed by atoms with van der Waals surface area (Å²) in [6.07, 6.45) is 0. The summed E-state index contributed by atoms with van der Waals surface area (Å²) in [6.45, 7) is 0. The predicted molar refractivity (Wildman–Crippen MR) is 111 cm³/mol. The van der Waals surface area contributed by atoms with Gasteiger partial charge in [-0.2, -0.15) is 8.42 Å². The van der Waals surface area contributed by atoms with Gasteiger partial charge in [0.1, 0.15) is 16.3 Å². The number of carbonyl (C=O) groups is 1. The summed E-state index contributed by atoms with van der Waals surface area (Å²) in [4.78, 5) is 11.4. The van der Waals surface area contributed by atoms with Crippen molar-refractivity contribution >= 4 is 49.0 Å². The van der Waals surface area contributed by atoms with E-state index in [1.54, 1.807) is 36.4 Å². The van der Waals surface area contributed by atoms with Gasteiger partial charge in [0.05, 0.1) is 11.3 Å². The van der Waals surface area contributed by atoms with E-state index in [4.69, 9.17) is 0 Å². The van der Waals surface area contributed by atoms with Crippen LogP contribution in [0.15, 0.2) is 81.9 Å². The fourth-order valence-corrected chi connectivity index (χ4v) is 4.00. The molecule has 8 nitrogen and oxygen atoms in total. The minimum atomic E-state index is -4.44. The first kappa shape index (κ1) is 19.5. The molecule has 0 fully saturated rings. The van der Waals surface area contributed by atoms with Crippen molar-refractivity contribution < 1.29 is 28.0 Å². The maximum Gasteiger partial charge on any atom is 0.336 e. The maximum absolute atomic E-state index is 11.6. The van der Waals surface area contributed by atoms with Crippen LogP contribution in [0.2, 0.25) is 0 Å². The van der Waals surface area contributed by atoms with E-state index in [1.807, 2.05) is 0 Å². The van der Waals surface area contributed by atoms with E-state index in [0.29, 0.717) is 10.8 Å². The predicted octanol–water partition coefficient (Wildman–Crippen LogP) is 5.06. The standard InChI is InChI=1S/C21H14N2O6S/c24-17-10-8-12-4-3-7-15(21(25)26)19(12)20(17)23-22-16-9-11-18(30(27,28)29)14-6-2-1-5-13(14)16/h1-11,24H,(H,25,26)(H,27,28,29)/b23-22+. The summed E-state index contributed by atoms with van der Waals surface area (Å²) in [5.41, 5.74) is 0.222. The quantitative estimate of drug-likeness (QED) is 0.311. The van der Waals surface area contributed by atoms with Crippen molar-refractivity contribution in [1.82, 2.24) is 0 Å². The summed E-state index contributed by atoms with van der Waals surface area (Å²) < 4.78 is 32.7. The van der Waals surface area contributed by atoms with Gasteiger partial charge in [-0.3, -0.25) is 4.55 Å². The Balaban J connectivity index is 1.94. The molecule has 150 valence electrons. The van der Waals surface area contributed by atoms with Gasteiger partial charge in [0, 0.05) is 16.2 Å². The summed E-state index contributed by atoms with van der Waals surface area (Å²) in [7, 11) is -4.44. The SMILES string of the molecule is O=C(O)c1cccc2ccc(O)c(/N=N/c3ccc(S(=O)(=O)O)c4ccccc34)c12. The fraction of sp³-hybridized carbons (Fsp3) is 0. The number of hydrogen-bond donors (Lipinski definition) is 3. The van der Waals surface area contributed by atoms with Crippen LogP contribution in [0.1, 0.15) is 10.4 Å². The van der Waals surface area contributed by atoms with E-state index in [1.165, 1.54) is 30.3 Å². The number of azo groups is 1. The molecule has 4 aromatic rings. The van der Waals surface area contributed by atoms with Gasteiger partial charge in [-0.1, -0.05) is 42.5 Å². The van der Waals surface area contributed by atoms with Gasteiger partial charge < -0.3 is 10.2 Å². The molecule has 0 aromatic heterocycles. The molecule has 0 saturated carbocycles. The normalized spacial score (nSPS) is 12.0. The van der Waals surface area contributed by atoms with Gasteiger partial charge in [0.15, 0.2) is 0 Å². The number of rotatable bonds is 4. The highest BCUT2D eigenvalue weighted by atomic mass is 32.2. The minimum Gasteiger partial charge on any atom is -0.506 e. The lowest BCUT2D eigenvalue weighted by atomic mass is 10.0. The average molecular weight is 422 g/mol. The second kappa shape index (κ2) is 7.21. The smallest absolute Gasteiger partial charge is 0.336 e. The molecule has 0 aliphatic rings. The molecule has 0 amide bonds. The third kappa shape index (κ3) is 3.36.